The van der Waals surface area contributed by atoms with Crippen LogP contribution in [0.2, 0.25) is 0 Å². The van der Waals surface area contributed by atoms with Crippen LogP contribution in [0.15, 0.2) is 54.4 Å². The first-order valence-corrected chi connectivity index (χ1v) is 6.51. The van der Waals surface area contributed by atoms with Gasteiger partial charge in [-0.25, -0.2) is 9.67 Å². The zero-order chi connectivity index (χ0) is 12.2. The molecule has 0 fully saturated rings. The lowest BCUT2D eigenvalue weighted by atomic mass is 10.3. The summed E-state index contributed by atoms with van der Waals surface area (Å²) in [5.41, 5.74) is 2.11. The quantitative estimate of drug-likeness (QED) is 0.780. The van der Waals surface area contributed by atoms with Crippen molar-refractivity contribution in [1.82, 2.24) is 14.8 Å². The Morgan fingerprint density at radius 1 is 1.17 bits per heavy atom. The van der Waals surface area contributed by atoms with Crippen LogP contribution in [0.1, 0.15) is 4.88 Å². The van der Waals surface area contributed by atoms with Crippen LogP contribution in [0.5, 0.6) is 0 Å². The zero-order valence-corrected chi connectivity index (χ0v) is 10.5. The van der Waals surface area contributed by atoms with E-state index in [4.69, 9.17) is 0 Å². The van der Waals surface area contributed by atoms with Crippen molar-refractivity contribution in [1.29, 1.82) is 0 Å². The van der Waals surface area contributed by atoms with Crippen molar-refractivity contribution in [3.8, 4) is 5.69 Å². The second kappa shape index (κ2) is 5.01. The van der Waals surface area contributed by atoms with Gasteiger partial charge in [-0.2, -0.15) is 5.10 Å². The molecule has 2 heterocycles. The van der Waals surface area contributed by atoms with Crippen molar-refractivity contribution < 1.29 is 0 Å². The van der Waals surface area contributed by atoms with Gasteiger partial charge in [0, 0.05) is 17.1 Å². The van der Waals surface area contributed by atoms with E-state index in [0.717, 1.165) is 17.9 Å². The number of hydrogen-bond donors (Lipinski definition) is 1. The molecule has 1 aromatic carbocycles. The lowest BCUT2D eigenvalue weighted by molar-refractivity contribution is 0.879. The van der Waals surface area contributed by atoms with Crippen LogP contribution >= 0.6 is 11.3 Å². The van der Waals surface area contributed by atoms with Crippen molar-refractivity contribution in [3.63, 3.8) is 0 Å². The molecule has 0 aliphatic heterocycles. The molecule has 0 atom stereocenters. The summed E-state index contributed by atoms with van der Waals surface area (Å²) in [6.07, 6.45) is 3.22. The Morgan fingerprint density at radius 2 is 2.06 bits per heavy atom. The maximum Gasteiger partial charge on any atom is 0.138 e. The Morgan fingerprint density at radius 3 is 2.72 bits per heavy atom. The molecule has 3 aromatic rings. The zero-order valence-electron chi connectivity index (χ0n) is 9.65. The lowest BCUT2D eigenvalue weighted by Crippen LogP contribution is -1.98. The van der Waals surface area contributed by atoms with E-state index >= 15 is 0 Å². The molecule has 0 radical (unpaired) electrons. The molecular weight excluding hydrogens is 244 g/mol. The predicted molar refractivity (Wildman–Crippen MR) is 73.0 cm³/mol. The van der Waals surface area contributed by atoms with Crippen molar-refractivity contribution in [3.05, 3.63) is 59.3 Å². The molecule has 2 aromatic heterocycles. The van der Waals surface area contributed by atoms with Crippen LogP contribution < -0.4 is 5.32 Å². The maximum absolute atomic E-state index is 4.09. The highest BCUT2D eigenvalue weighted by Gasteiger charge is 1.98. The molecule has 4 nitrogen and oxygen atoms in total. The van der Waals surface area contributed by atoms with E-state index in [2.05, 4.69) is 32.9 Å². The van der Waals surface area contributed by atoms with Gasteiger partial charge in [0.15, 0.2) is 0 Å². The molecular formula is C13H12N4S. The van der Waals surface area contributed by atoms with Gasteiger partial charge in [0.1, 0.15) is 12.7 Å². The van der Waals surface area contributed by atoms with Crippen molar-refractivity contribution in [2.24, 2.45) is 0 Å². The number of hydrogen-bond acceptors (Lipinski definition) is 4. The minimum absolute atomic E-state index is 0.861. The van der Waals surface area contributed by atoms with E-state index in [0.29, 0.717) is 0 Å². The number of thiophene rings is 1. The molecule has 5 heteroatoms. The second-order valence-corrected chi connectivity index (χ2v) is 4.85. The molecule has 0 saturated heterocycles. The Kier molecular flexibility index (Phi) is 3.06. The van der Waals surface area contributed by atoms with Crippen LogP contribution in [0.4, 0.5) is 5.69 Å². The van der Waals surface area contributed by atoms with Crippen LogP contribution in [0.25, 0.3) is 5.69 Å². The first kappa shape index (κ1) is 11.0. The summed E-state index contributed by atoms with van der Waals surface area (Å²) in [6.45, 7) is 0.861. The third-order valence-electron chi connectivity index (χ3n) is 2.60. The summed E-state index contributed by atoms with van der Waals surface area (Å²) >= 11 is 1.76. The Bertz CT molecular complexity index is 584. The number of anilines is 1. The SMILES string of the molecule is c1csc(CNc2ccc(-n3cncn3)cc2)c1. The molecule has 3 rings (SSSR count). The monoisotopic (exact) mass is 256 g/mol. The molecule has 0 amide bonds. The summed E-state index contributed by atoms with van der Waals surface area (Å²) in [5.74, 6) is 0. The molecule has 0 aliphatic carbocycles. The first-order valence-electron chi connectivity index (χ1n) is 5.63. The average molecular weight is 256 g/mol. The summed E-state index contributed by atoms with van der Waals surface area (Å²) in [7, 11) is 0. The molecule has 1 N–H and O–H groups in total. The number of rotatable bonds is 4. The van der Waals surface area contributed by atoms with E-state index in [9.17, 15) is 0 Å². The van der Waals surface area contributed by atoms with Gasteiger partial charge in [0.25, 0.3) is 0 Å². The fourth-order valence-corrected chi connectivity index (χ4v) is 2.32. The van der Waals surface area contributed by atoms with Crippen molar-refractivity contribution >= 4 is 17.0 Å². The van der Waals surface area contributed by atoms with Gasteiger partial charge >= 0.3 is 0 Å². The predicted octanol–water partition coefficient (Wildman–Crippen LogP) is 2.94. The van der Waals surface area contributed by atoms with Gasteiger partial charge < -0.3 is 5.32 Å². The van der Waals surface area contributed by atoms with Gasteiger partial charge in [-0.15, -0.1) is 11.3 Å². The van der Waals surface area contributed by atoms with Crippen LogP contribution in [0, 0.1) is 0 Å². The van der Waals surface area contributed by atoms with Crippen LogP contribution in [-0.4, -0.2) is 14.8 Å². The summed E-state index contributed by atoms with van der Waals surface area (Å²) in [5, 5.41) is 9.56. The molecule has 0 saturated carbocycles. The van der Waals surface area contributed by atoms with Gasteiger partial charge in [-0.05, 0) is 35.7 Å². The minimum Gasteiger partial charge on any atom is -0.380 e. The Hall–Kier alpha value is -2.14. The number of nitrogens with zero attached hydrogens (tertiary/aromatic N) is 3. The number of benzene rings is 1. The average Bonchev–Trinajstić information content (AvgIpc) is 3.10. The van der Waals surface area contributed by atoms with E-state index in [-0.39, 0.29) is 0 Å². The van der Waals surface area contributed by atoms with Crippen molar-refractivity contribution in [2.75, 3.05) is 5.32 Å². The van der Waals surface area contributed by atoms with Gasteiger partial charge in [-0.1, -0.05) is 6.07 Å². The highest BCUT2D eigenvalue weighted by Crippen LogP contribution is 2.15. The second-order valence-electron chi connectivity index (χ2n) is 3.82. The van der Waals surface area contributed by atoms with Crippen molar-refractivity contribution in [2.45, 2.75) is 6.54 Å². The third kappa shape index (κ3) is 2.41. The fraction of sp³-hybridized carbons (Fsp3) is 0.0769. The van der Waals surface area contributed by atoms with E-state index in [1.807, 2.05) is 24.3 Å². The van der Waals surface area contributed by atoms with Crippen LogP contribution in [-0.2, 0) is 6.54 Å². The van der Waals surface area contributed by atoms with Crippen LogP contribution in [0.3, 0.4) is 0 Å². The molecule has 0 bridgehead atoms. The summed E-state index contributed by atoms with van der Waals surface area (Å²) in [6, 6.07) is 12.3. The van der Waals surface area contributed by atoms with Gasteiger partial charge in [-0.3, -0.25) is 0 Å². The maximum atomic E-state index is 4.09. The summed E-state index contributed by atoms with van der Waals surface area (Å²) < 4.78 is 1.74. The molecule has 90 valence electrons. The molecule has 0 spiro atoms. The summed E-state index contributed by atoms with van der Waals surface area (Å²) in [4.78, 5) is 5.26. The largest absolute Gasteiger partial charge is 0.380 e. The topological polar surface area (TPSA) is 42.7 Å². The van der Waals surface area contributed by atoms with E-state index in [1.165, 1.54) is 11.2 Å². The van der Waals surface area contributed by atoms with E-state index in [1.54, 1.807) is 22.3 Å². The molecule has 0 unspecified atom stereocenters. The van der Waals surface area contributed by atoms with Gasteiger partial charge in [0.2, 0.25) is 0 Å². The fourth-order valence-electron chi connectivity index (χ4n) is 1.68. The third-order valence-corrected chi connectivity index (χ3v) is 3.47. The Balaban J connectivity index is 1.68. The molecule has 18 heavy (non-hydrogen) atoms. The smallest absolute Gasteiger partial charge is 0.138 e. The standard InChI is InChI=1S/C13H12N4S/c1-2-13(18-7-1)8-15-11-3-5-12(6-4-11)17-10-14-9-16-17/h1-7,9-10,15H,8H2. The highest BCUT2D eigenvalue weighted by molar-refractivity contribution is 7.09. The van der Waals surface area contributed by atoms with E-state index < -0.39 is 0 Å². The van der Waals surface area contributed by atoms with Gasteiger partial charge in [0.05, 0.1) is 5.69 Å². The lowest BCUT2D eigenvalue weighted by Gasteiger charge is -2.06. The normalized spacial score (nSPS) is 10.4. The number of aromatic nitrogens is 3. The Labute approximate surface area is 109 Å². The first-order chi connectivity index (χ1) is 8.92. The highest BCUT2D eigenvalue weighted by atomic mass is 32.1. The molecule has 0 aliphatic rings. The minimum atomic E-state index is 0.861. The number of nitrogens with one attached hydrogen (secondary N) is 1.